The zero-order valence-electron chi connectivity index (χ0n) is 10.9. The number of nitrogens with two attached hydrogens (primary N) is 1. The zero-order chi connectivity index (χ0) is 15.6. The van der Waals surface area contributed by atoms with Gasteiger partial charge in [0.05, 0.1) is 4.92 Å². The van der Waals surface area contributed by atoms with Crippen molar-refractivity contribution in [2.45, 2.75) is 6.92 Å². The second-order valence-corrected chi connectivity index (χ2v) is 5.10. The number of carbonyl (C=O) groups is 1. The van der Waals surface area contributed by atoms with Gasteiger partial charge >= 0.3 is 5.69 Å². The van der Waals surface area contributed by atoms with E-state index in [0.29, 0.717) is 5.56 Å². The molecule has 0 aliphatic rings. The largest absolute Gasteiger partial charge is 0.432 e. The summed E-state index contributed by atoms with van der Waals surface area (Å²) in [6.07, 6.45) is 1.52. The number of halogens is 1. The summed E-state index contributed by atoms with van der Waals surface area (Å²) >= 11 is 3.27. The molecule has 0 saturated heterocycles. The fourth-order valence-electron chi connectivity index (χ4n) is 1.64. The summed E-state index contributed by atoms with van der Waals surface area (Å²) in [7, 11) is 0. The number of carbonyl (C=O) groups excluding carboxylic acids is 1. The summed E-state index contributed by atoms with van der Waals surface area (Å²) in [5.41, 5.74) is 5.50. The predicted molar refractivity (Wildman–Crippen MR) is 78.4 cm³/mol. The first-order chi connectivity index (χ1) is 9.88. The number of aromatic nitrogens is 1. The van der Waals surface area contributed by atoms with E-state index in [0.717, 1.165) is 10.5 Å². The molecule has 0 aliphatic carbocycles. The van der Waals surface area contributed by atoms with Crippen molar-refractivity contribution >= 4 is 27.5 Å². The van der Waals surface area contributed by atoms with Crippen LogP contribution in [-0.4, -0.2) is 15.8 Å². The van der Waals surface area contributed by atoms with Crippen LogP contribution in [0, 0.1) is 17.0 Å². The molecule has 0 radical (unpaired) electrons. The van der Waals surface area contributed by atoms with Gasteiger partial charge in [-0.25, -0.2) is 4.98 Å². The number of nitrogens with zero attached hydrogens (tertiary/aromatic N) is 2. The maximum atomic E-state index is 11.1. The van der Waals surface area contributed by atoms with Crippen molar-refractivity contribution < 1.29 is 14.5 Å². The van der Waals surface area contributed by atoms with Crippen LogP contribution in [0.3, 0.4) is 0 Å². The van der Waals surface area contributed by atoms with Crippen molar-refractivity contribution in [3.05, 3.63) is 56.2 Å². The van der Waals surface area contributed by atoms with Crippen molar-refractivity contribution in [1.29, 1.82) is 0 Å². The summed E-state index contributed by atoms with van der Waals surface area (Å²) in [6, 6.07) is 5.53. The van der Waals surface area contributed by atoms with Crippen molar-refractivity contribution in [2.24, 2.45) is 5.73 Å². The second kappa shape index (κ2) is 5.88. The maximum absolute atomic E-state index is 11.1. The minimum atomic E-state index is -0.748. The fraction of sp³-hybridized carbons (Fsp3) is 0.0769. The lowest BCUT2D eigenvalue weighted by molar-refractivity contribution is -0.385. The van der Waals surface area contributed by atoms with Crippen LogP contribution in [0.1, 0.15) is 15.9 Å². The Kier molecular flexibility index (Phi) is 4.18. The SMILES string of the molecule is Cc1cc(Br)cnc1Oc1ccc(C(N)=O)cc1[N+](=O)[O-]. The summed E-state index contributed by atoms with van der Waals surface area (Å²) in [6.45, 7) is 1.76. The average molecular weight is 352 g/mol. The fourth-order valence-corrected chi connectivity index (χ4v) is 2.08. The van der Waals surface area contributed by atoms with E-state index < -0.39 is 10.8 Å². The number of hydrogen-bond acceptors (Lipinski definition) is 5. The number of ether oxygens (including phenoxy) is 1. The van der Waals surface area contributed by atoms with E-state index in [1.54, 1.807) is 13.0 Å². The quantitative estimate of drug-likeness (QED) is 0.672. The van der Waals surface area contributed by atoms with Gasteiger partial charge in [0.25, 0.3) is 0 Å². The molecular weight excluding hydrogens is 342 g/mol. The second-order valence-electron chi connectivity index (χ2n) is 4.18. The van der Waals surface area contributed by atoms with E-state index in [2.05, 4.69) is 20.9 Å². The standard InChI is InChI=1S/C13H10BrN3O4/c1-7-4-9(14)6-16-13(7)21-11-3-2-8(12(15)18)5-10(11)17(19)20/h2-6H,1H3,(H2,15,18). The summed E-state index contributed by atoms with van der Waals surface area (Å²) < 4.78 is 6.23. The van der Waals surface area contributed by atoms with Crippen LogP contribution in [0.2, 0.25) is 0 Å². The van der Waals surface area contributed by atoms with Crippen LogP contribution in [0.15, 0.2) is 34.9 Å². The number of benzene rings is 1. The van der Waals surface area contributed by atoms with E-state index >= 15 is 0 Å². The van der Waals surface area contributed by atoms with Crippen molar-refractivity contribution in [1.82, 2.24) is 4.98 Å². The number of nitro benzene ring substituents is 1. The van der Waals surface area contributed by atoms with Crippen LogP contribution in [-0.2, 0) is 0 Å². The Labute approximate surface area is 128 Å². The Bertz CT molecular complexity index is 733. The number of hydrogen-bond donors (Lipinski definition) is 1. The minimum absolute atomic E-state index is 0.0112. The molecule has 0 spiro atoms. The normalized spacial score (nSPS) is 10.2. The maximum Gasteiger partial charge on any atom is 0.312 e. The highest BCUT2D eigenvalue weighted by Gasteiger charge is 2.19. The molecule has 7 nitrogen and oxygen atoms in total. The van der Waals surface area contributed by atoms with Gasteiger partial charge in [0, 0.05) is 27.9 Å². The third kappa shape index (κ3) is 3.34. The smallest absolute Gasteiger partial charge is 0.312 e. The van der Waals surface area contributed by atoms with Crippen LogP contribution in [0.25, 0.3) is 0 Å². The monoisotopic (exact) mass is 351 g/mol. The van der Waals surface area contributed by atoms with E-state index in [1.165, 1.54) is 18.3 Å². The van der Waals surface area contributed by atoms with Crippen molar-refractivity contribution in [3.8, 4) is 11.6 Å². The molecule has 0 unspecified atom stereocenters. The Morgan fingerprint density at radius 2 is 2.14 bits per heavy atom. The lowest BCUT2D eigenvalue weighted by atomic mass is 10.2. The third-order valence-corrected chi connectivity index (χ3v) is 3.08. The Morgan fingerprint density at radius 1 is 1.43 bits per heavy atom. The van der Waals surface area contributed by atoms with Gasteiger partial charge in [0.1, 0.15) is 0 Å². The Morgan fingerprint density at radius 3 is 2.71 bits per heavy atom. The molecule has 2 N–H and O–H groups in total. The molecule has 2 aromatic rings. The molecule has 108 valence electrons. The van der Waals surface area contributed by atoms with Crippen molar-refractivity contribution in [2.75, 3.05) is 0 Å². The summed E-state index contributed by atoms with van der Waals surface area (Å²) in [5, 5.41) is 11.1. The van der Waals surface area contributed by atoms with E-state index in [1.807, 2.05) is 0 Å². The molecule has 1 aromatic heterocycles. The molecule has 0 bridgehead atoms. The molecule has 21 heavy (non-hydrogen) atoms. The molecule has 8 heteroatoms. The number of rotatable bonds is 4. The number of primary amides is 1. The molecule has 2 rings (SSSR count). The van der Waals surface area contributed by atoms with Gasteiger partial charge in [-0.05, 0) is 41.1 Å². The highest BCUT2D eigenvalue weighted by Crippen LogP contribution is 2.33. The molecular formula is C13H10BrN3O4. The van der Waals surface area contributed by atoms with Crippen LogP contribution in [0.5, 0.6) is 11.6 Å². The molecule has 1 aromatic carbocycles. The first-order valence-electron chi connectivity index (χ1n) is 5.76. The van der Waals surface area contributed by atoms with Crippen LogP contribution < -0.4 is 10.5 Å². The molecule has 0 saturated carbocycles. The number of pyridine rings is 1. The van der Waals surface area contributed by atoms with E-state index in [9.17, 15) is 14.9 Å². The number of amides is 1. The number of aryl methyl sites for hydroxylation is 1. The highest BCUT2D eigenvalue weighted by molar-refractivity contribution is 9.10. The number of nitro groups is 1. The lowest BCUT2D eigenvalue weighted by Crippen LogP contribution is -2.11. The Balaban J connectivity index is 2.44. The predicted octanol–water partition coefficient (Wildman–Crippen LogP) is 2.95. The lowest BCUT2D eigenvalue weighted by Gasteiger charge is -2.08. The van der Waals surface area contributed by atoms with Crippen molar-refractivity contribution in [3.63, 3.8) is 0 Å². The van der Waals surface area contributed by atoms with Crippen LogP contribution in [0.4, 0.5) is 5.69 Å². The first-order valence-corrected chi connectivity index (χ1v) is 6.56. The summed E-state index contributed by atoms with van der Waals surface area (Å²) in [4.78, 5) is 25.6. The minimum Gasteiger partial charge on any atom is -0.432 e. The van der Waals surface area contributed by atoms with Gasteiger partial charge in [0.15, 0.2) is 0 Å². The van der Waals surface area contributed by atoms with E-state index in [-0.39, 0.29) is 22.9 Å². The molecule has 0 aliphatic heterocycles. The van der Waals surface area contributed by atoms with Gasteiger partial charge in [-0.1, -0.05) is 0 Å². The highest BCUT2D eigenvalue weighted by atomic mass is 79.9. The molecule has 0 fully saturated rings. The molecule has 1 amide bonds. The van der Waals surface area contributed by atoms with Gasteiger partial charge in [-0.15, -0.1) is 0 Å². The molecule has 1 heterocycles. The van der Waals surface area contributed by atoms with E-state index in [4.69, 9.17) is 10.5 Å². The third-order valence-electron chi connectivity index (χ3n) is 2.64. The summed E-state index contributed by atoms with van der Waals surface area (Å²) in [5.74, 6) is -0.515. The topological polar surface area (TPSA) is 108 Å². The van der Waals surface area contributed by atoms with Gasteiger partial charge < -0.3 is 10.5 Å². The average Bonchev–Trinajstić information content (AvgIpc) is 2.41. The van der Waals surface area contributed by atoms with Gasteiger partial charge in [-0.2, -0.15) is 0 Å². The first kappa shape index (κ1) is 14.9. The van der Waals surface area contributed by atoms with Gasteiger partial charge in [-0.3, -0.25) is 14.9 Å². The molecule has 0 atom stereocenters. The van der Waals surface area contributed by atoms with Crippen LogP contribution >= 0.6 is 15.9 Å². The Hall–Kier alpha value is -2.48. The zero-order valence-corrected chi connectivity index (χ0v) is 12.5. The van der Waals surface area contributed by atoms with Gasteiger partial charge in [0.2, 0.25) is 17.5 Å².